The van der Waals surface area contributed by atoms with Gasteiger partial charge in [0.25, 0.3) is 0 Å². The van der Waals surface area contributed by atoms with Gasteiger partial charge in [0.2, 0.25) is 5.89 Å². The quantitative estimate of drug-likeness (QED) is 0.525. The fraction of sp³-hybridized carbons (Fsp3) is 0.250. The van der Waals surface area contributed by atoms with Gasteiger partial charge in [0.05, 0.1) is 6.20 Å². The Morgan fingerprint density at radius 1 is 2.00 bits per heavy atom. The van der Waals surface area contributed by atoms with Gasteiger partial charge in [-0.3, -0.25) is 0 Å². The molecule has 2 nitrogen and oxygen atoms in total. The van der Waals surface area contributed by atoms with Crippen molar-refractivity contribution in [1.29, 1.82) is 0 Å². The number of aromatic nitrogens is 1. The minimum absolute atomic E-state index is 0.0833. The summed E-state index contributed by atoms with van der Waals surface area (Å²) in [4.78, 5) is 3.44. The van der Waals surface area contributed by atoms with Crippen LogP contribution in [0.4, 0.5) is 4.39 Å². The molecule has 1 heterocycles. The van der Waals surface area contributed by atoms with E-state index in [1.807, 2.05) is 0 Å². The average molecular weight is 100 g/mol. The third-order valence-corrected chi connectivity index (χ3v) is 0.552. The van der Waals surface area contributed by atoms with E-state index < -0.39 is 6.67 Å². The van der Waals surface area contributed by atoms with Gasteiger partial charge in [-0.05, 0) is 0 Å². The molecule has 1 aromatic heterocycles. The molecule has 3 heteroatoms. The molecule has 0 aliphatic rings. The second-order valence-electron chi connectivity index (χ2n) is 1.01. The summed E-state index contributed by atoms with van der Waals surface area (Å²) in [5.41, 5.74) is 0. The van der Waals surface area contributed by atoms with Crippen molar-refractivity contribution in [2.24, 2.45) is 0 Å². The van der Waals surface area contributed by atoms with Crippen LogP contribution in [0, 0.1) is 6.26 Å². The maximum atomic E-state index is 11.4. The number of hydrogen-bond donors (Lipinski definition) is 0. The number of hydrogen-bond acceptors (Lipinski definition) is 2. The molecule has 0 bridgehead atoms. The maximum Gasteiger partial charge on any atom is 0.226 e. The third-order valence-electron chi connectivity index (χ3n) is 0.552. The van der Waals surface area contributed by atoms with Crippen molar-refractivity contribution in [2.45, 2.75) is 6.67 Å². The summed E-state index contributed by atoms with van der Waals surface area (Å²) in [5, 5.41) is 0. The molecule has 0 aliphatic carbocycles. The Morgan fingerprint density at radius 3 is 3.14 bits per heavy atom. The molecule has 0 amide bonds. The first-order valence-corrected chi connectivity index (χ1v) is 1.80. The summed E-state index contributed by atoms with van der Waals surface area (Å²) in [5.74, 6) is 0.0833. The molecule has 1 rings (SSSR count). The summed E-state index contributed by atoms with van der Waals surface area (Å²) in [6, 6.07) is 0. The second-order valence-corrected chi connectivity index (χ2v) is 1.01. The molecule has 0 saturated heterocycles. The Bertz CT molecular complexity index is 126. The van der Waals surface area contributed by atoms with Crippen molar-refractivity contribution in [3.05, 3.63) is 18.4 Å². The Hall–Kier alpha value is -0.860. The van der Waals surface area contributed by atoms with Crippen molar-refractivity contribution in [2.75, 3.05) is 0 Å². The highest BCUT2D eigenvalue weighted by Crippen LogP contribution is 1.93. The second kappa shape index (κ2) is 1.73. The van der Waals surface area contributed by atoms with Crippen LogP contribution < -0.4 is 0 Å². The highest BCUT2D eigenvalue weighted by Gasteiger charge is 1.90. The van der Waals surface area contributed by atoms with E-state index in [1.165, 1.54) is 6.20 Å². The van der Waals surface area contributed by atoms with E-state index in [4.69, 9.17) is 0 Å². The molecular formula is C4H3FNO. The van der Waals surface area contributed by atoms with Gasteiger partial charge in [0, 0.05) is 0 Å². The fourth-order valence-corrected chi connectivity index (χ4v) is 0.281. The monoisotopic (exact) mass is 100 g/mol. The molecule has 7 heavy (non-hydrogen) atoms. The van der Waals surface area contributed by atoms with Gasteiger partial charge < -0.3 is 4.42 Å². The van der Waals surface area contributed by atoms with Gasteiger partial charge in [0.1, 0.15) is 0 Å². The van der Waals surface area contributed by atoms with E-state index in [0.717, 1.165) is 0 Å². The third kappa shape index (κ3) is 0.765. The van der Waals surface area contributed by atoms with Gasteiger partial charge in [-0.1, -0.05) is 0 Å². The van der Waals surface area contributed by atoms with Gasteiger partial charge in [-0.2, -0.15) is 0 Å². The molecule has 37 valence electrons. The zero-order valence-electron chi connectivity index (χ0n) is 3.52. The SMILES string of the molecule is FCc1nc[c]o1. The number of oxazole rings is 1. The lowest BCUT2D eigenvalue weighted by molar-refractivity contribution is 0.378. The molecule has 0 aliphatic heterocycles. The average Bonchev–Trinajstić information content (AvgIpc) is 2.14. The summed E-state index contributed by atoms with van der Waals surface area (Å²) in [7, 11) is 0. The summed E-state index contributed by atoms with van der Waals surface area (Å²) in [6.07, 6.45) is 3.54. The first-order chi connectivity index (χ1) is 3.43. The number of nitrogens with zero attached hydrogens (tertiary/aromatic N) is 1. The Labute approximate surface area is 40.0 Å². The molecule has 0 saturated carbocycles. The lowest BCUT2D eigenvalue weighted by Gasteiger charge is -1.74. The lowest BCUT2D eigenvalue weighted by atomic mass is 10.8. The Morgan fingerprint density at radius 2 is 2.86 bits per heavy atom. The van der Waals surface area contributed by atoms with Crippen LogP contribution in [-0.4, -0.2) is 4.98 Å². The van der Waals surface area contributed by atoms with Crippen LogP contribution in [0.3, 0.4) is 0 Å². The zero-order valence-corrected chi connectivity index (χ0v) is 3.52. The van der Waals surface area contributed by atoms with Crippen molar-refractivity contribution >= 4 is 0 Å². The van der Waals surface area contributed by atoms with E-state index in [9.17, 15) is 4.39 Å². The molecule has 0 atom stereocenters. The Balaban J connectivity index is 2.76. The van der Waals surface area contributed by atoms with Crippen molar-refractivity contribution < 1.29 is 8.81 Å². The van der Waals surface area contributed by atoms with E-state index in [0.29, 0.717) is 0 Å². The van der Waals surface area contributed by atoms with Crippen molar-refractivity contribution in [1.82, 2.24) is 4.98 Å². The molecule has 1 aromatic rings. The van der Waals surface area contributed by atoms with Crippen molar-refractivity contribution in [3.8, 4) is 0 Å². The predicted molar refractivity (Wildman–Crippen MR) is 20.2 cm³/mol. The van der Waals surface area contributed by atoms with E-state index in [1.54, 1.807) is 0 Å². The van der Waals surface area contributed by atoms with Crippen molar-refractivity contribution in [3.63, 3.8) is 0 Å². The minimum atomic E-state index is -0.649. The molecule has 0 unspecified atom stereocenters. The largest absolute Gasteiger partial charge is 0.434 e. The number of halogens is 1. The van der Waals surface area contributed by atoms with Crippen LogP contribution >= 0.6 is 0 Å². The standard InChI is InChI=1S/C4H3FNO/c5-3-4-6-1-2-7-4/h1H,3H2. The van der Waals surface area contributed by atoms with E-state index in [2.05, 4.69) is 15.7 Å². The minimum Gasteiger partial charge on any atom is -0.434 e. The summed E-state index contributed by atoms with van der Waals surface area (Å²) >= 11 is 0. The number of alkyl halides is 1. The van der Waals surface area contributed by atoms with Crippen LogP contribution in [0.2, 0.25) is 0 Å². The highest BCUT2D eigenvalue weighted by atomic mass is 19.1. The van der Waals surface area contributed by atoms with Crippen LogP contribution in [-0.2, 0) is 6.67 Å². The molecule has 0 spiro atoms. The van der Waals surface area contributed by atoms with Gasteiger partial charge in [0.15, 0.2) is 12.9 Å². The molecule has 1 radical (unpaired) electrons. The maximum absolute atomic E-state index is 11.4. The van der Waals surface area contributed by atoms with Gasteiger partial charge >= 0.3 is 0 Å². The van der Waals surface area contributed by atoms with E-state index >= 15 is 0 Å². The molecule has 0 fully saturated rings. The first kappa shape index (κ1) is 4.30. The predicted octanol–water partition coefficient (Wildman–Crippen LogP) is 0.944. The first-order valence-electron chi connectivity index (χ1n) is 1.80. The van der Waals surface area contributed by atoms with E-state index in [-0.39, 0.29) is 5.89 Å². The summed E-state index contributed by atoms with van der Waals surface area (Å²) in [6.45, 7) is -0.649. The zero-order chi connectivity index (χ0) is 5.11. The summed E-state index contributed by atoms with van der Waals surface area (Å²) < 4.78 is 15.8. The molecule has 0 N–H and O–H groups in total. The number of rotatable bonds is 1. The van der Waals surface area contributed by atoms with Gasteiger partial charge in [-0.15, -0.1) is 0 Å². The van der Waals surface area contributed by atoms with Crippen LogP contribution in [0.1, 0.15) is 5.89 Å². The Kier molecular flexibility index (Phi) is 1.06. The normalized spacial score (nSPS) is 9.29. The van der Waals surface area contributed by atoms with Crippen LogP contribution in [0.25, 0.3) is 0 Å². The fourth-order valence-electron chi connectivity index (χ4n) is 0.281. The topological polar surface area (TPSA) is 26.0 Å². The van der Waals surface area contributed by atoms with Crippen LogP contribution in [0.15, 0.2) is 10.6 Å². The van der Waals surface area contributed by atoms with Crippen LogP contribution in [0.5, 0.6) is 0 Å². The highest BCUT2D eigenvalue weighted by molar-refractivity contribution is 4.73. The molecule has 0 aromatic carbocycles. The molecular weight excluding hydrogens is 97.0 g/mol. The smallest absolute Gasteiger partial charge is 0.226 e. The lowest BCUT2D eigenvalue weighted by Crippen LogP contribution is -1.71. The van der Waals surface area contributed by atoms with Gasteiger partial charge in [-0.25, -0.2) is 9.37 Å².